The van der Waals surface area contributed by atoms with Gasteiger partial charge in [-0.2, -0.15) is 13.2 Å². The number of alkyl halides is 3. The number of hydrogen-bond acceptors (Lipinski definition) is 7. The van der Waals surface area contributed by atoms with Crippen LogP contribution in [0, 0.1) is 6.92 Å². The Morgan fingerprint density at radius 1 is 1.18 bits per heavy atom. The molecule has 2 aromatic heterocycles. The highest BCUT2D eigenvalue weighted by Gasteiger charge is 2.44. The molecule has 0 unspecified atom stereocenters. The van der Waals surface area contributed by atoms with Gasteiger partial charge >= 0.3 is 6.18 Å². The fraction of sp³-hybridized carbons (Fsp3) is 0.615. The first-order chi connectivity index (χ1) is 18.1. The van der Waals surface area contributed by atoms with Gasteiger partial charge in [-0.15, -0.1) is 11.3 Å². The van der Waals surface area contributed by atoms with E-state index in [1.54, 1.807) is 6.92 Å². The number of thiazole rings is 1. The number of halogens is 3. The van der Waals surface area contributed by atoms with Crippen molar-refractivity contribution in [2.75, 3.05) is 5.32 Å². The highest BCUT2D eigenvalue weighted by molar-refractivity contribution is 7.17. The van der Waals surface area contributed by atoms with Crippen LogP contribution in [-0.2, 0) is 0 Å². The first-order valence-corrected chi connectivity index (χ1v) is 14.0. The van der Waals surface area contributed by atoms with Crippen molar-refractivity contribution < 1.29 is 27.9 Å². The van der Waals surface area contributed by atoms with E-state index in [0.717, 1.165) is 43.4 Å². The Hall–Kier alpha value is -2.73. The molecule has 3 aliphatic rings. The monoisotopic (exact) mass is 551 g/mol. The molecule has 0 radical (unpaired) electrons. The summed E-state index contributed by atoms with van der Waals surface area (Å²) in [5.74, 6) is -0.602. The van der Waals surface area contributed by atoms with E-state index < -0.39 is 24.2 Å². The standard InChI is InChI=1S/C26H32F3N5O3S/c1-3-19(26(27,28)29)32-20-11-13(2)16(12-30-20)22-21(25(37)34-14-7-8-15(34)10-9-14)33-24(38-22)23(36)31-17-5-4-6-18(17)35/h11-12,14-15,17-19,35H,3-10H2,1-2H3,(H,30,32)(H,31,36)/t14?,15?,17-,18-,19-/m0/s1. The lowest BCUT2D eigenvalue weighted by Gasteiger charge is -2.22. The Morgan fingerprint density at radius 3 is 2.42 bits per heavy atom. The summed E-state index contributed by atoms with van der Waals surface area (Å²) in [7, 11) is 0. The van der Waals surface area contributed by atoms with Crippen molar-refractivity contribution in [3.63, 3.8) is 0 Å². The maximum Gasteiger partial charge on any atom is 0.408 e. The number of rotatable bonds is 7. The number of aryl methyl sites for hydroxylation is 1. The van der Waals surface area contributed by atoms with Gasteiger partial charge in [0, 0.05) is 23.8 Å². The largest absolute Gasteiger partial charge is 0.408 e. The first-order valence-electron chi connectivity index (χ1n) is 13.2. The highest BCUT2D eigenvalue weighted by Crippen LogP contribution is 2.41. The molecule has 38 heavy (non-hydrogen) atoms. The van der Waals surface area contributed by atoms with Gasteiger partial charge in [0.2, 0.25) is 0 Å². The lowest BCUT2D eigenvalue weighted by Crippen LogP contribution is -2.40. The van der Waals surface area contributed by atoms with E-state index in [4.69, 9.17) is 0 Å². The van der Waals surface area contributed by atoms with Gasteiger partial charge in [-0.25, -0.2) is 9.97 Å². The van der Waals surface area contributed by atoms with Crippen molar-refractivity contribution in [1.82, 2.24) is 20.2 Å². The van der Waals surface area contributed by atoms with Crippen LogP contribution in [0.1, 0.15) is 84.1 Å². The third kappa shape index (κ3) is 5.12. The van der Waals surface area contributed by atoms with Gasteiger partial charge in [0.1, 0.15) is 17.6 Å². The summed E-state index contributed by atoms with van der Waals surface area (Å²) in [5, 5.41) is 15.5. The summed E-state index contributed by atoms with van der Waals surface area (Å²) in [6, 6.07) is -0.254. The van der Waals surface area contributed by atoms with Gasteiger partial charge in [0.25, 0.3) is 11.8 Å². The Kier molecular flexibility index (Phi) is 7.38. The van der Waals surface area contributed by atoms with Crippen molar-refractivity contribution >= 4 is 29.0 Å². The summed E-state index contributed by atoms with van der Waals surface area (Å²) in [6.07, 6.45) is 2.15. The maximum atomic E-state index is 13.7. The lowest BCUT2D eigenvalue weighted by molar-refractivity contribution is -0.142. The Balaban J connectivity index is 1.48. The molecular formula is C26H32F3N5O3S. The molecule has 3 N–H and O–H groups in total. The van der Waals surface area contributed by atoms with Gasteiger partial charge in [-0.3, -0.25) is 9.59 Å². The van der Waals surface area contributed by atoms with Gasteiger partial charge in [-0.05, 0) is 69.9 Å². The van der Waals surface area contributed by atoms with Crippen LogP contribution in [0.15, 0.2) is 12.3 Å². The summed E-state index contributed by atoms with van der Waals surface area (Å²) in [6.45, 7) is 3.18. The number of aromatic nitrogens is 2. The van der Waals surface area contributed by atoms with E-state index in [2.05, 4.69) is 20.6 Å². The Morgan fingerprint density at radius 2 is 1.87 bits per heavy atom. The SMILES string of the molecule is CC[C@H](Nc1cc(C)c(-c2sc(C(=O)N[C@H]3CCC[C@@H]3O)nc2C(=O)N2C3CCC2CC3)cn1)C(F)(F)F. The van der Waals surface area contributed by atoms with Crippen molar-refractivity contribution in [2.24, 2.45) is 0 Å². The predicted octanol–water partition coefficient (Wildman–Crippen LogP) is 4.68. The number of fused-ring (bicyclic) bond motifs is 2. The zero-order valence-corrected chi connectivity index (χ0v) is 22.2. The van der Waals surface area contributed by atoms with Crippen LogP contribution in [-0.4, -0.2) is 68.2 Å². The fourth-order valence-corrected chi connectivity index (χ4v) is 6.95. The molecule has 5 rings (SSSR count). The number of anilines is 1. The van der Waals surface area contributed by atoms with Crippen LogP contribution in [0.2, 0.25) is 0 Å². The average molecular weight is 552 g/mol. The molecule has 1 saturated carbocycles. The molecule has 2 aromatic rings. The van der Waals surface area contributed by atoms with E-state index >= 15 is 0 Å². The zero-order valence-electron chi connectivity index (χ0n) is 21.3. The molecule has 0 aromatic carbocycles. The molecule has 0 spiro atoms. The lowest BCUT2D eigenvalue weighted by atomic mass is 10.0. The Bertz CT molecular complexity index is 1200. The topological polar surface area (TPSA) is 107 Å². The molecule has 1 aliphatic carbocycles. The van der Waals surface area contributed by atoms with Crippen LogP contribution in [0.4, 0.5) is 19.0 Å². The minimum Gasteiger partial charge on any atom is -0.391 e. The van der Waals surface area contributed by atoms with Crippen LogP contribution in [0.5, 0.6) is 0 Å². The molecule has 3 fully saturated rings. The minimum atomic E-state index is -4.41. The maximum absolute atomic E-state index is 13.7. The molecule has 3 atom stereocenters. The zero-order chi connectivity index (χ0) is 27.2. The van der Waals surface area contributed by atoms with E-state index in [1.165, 1.54) is 19.2 Å². The number of nitrogens with one attached hydrogen (secondary N) is 2. The molecular weight excluding hydrogens is 519 g/mol. The quantitative estimate of drug-likeness (QED) is 0.462. The molecule has 12 heteroatoms. The van der Waals surface area contributed by atoms with E-state index in [-0.39, 0.29) is 47.0 Å². The summed E-state index contributed by atoms with van der Waals surface area (Å²) in [4.78, 5) is 37.9. The van der Waals surface area contributed by atoms with Crippen molar-refractivity contribution in [2.45, 2.75) is 102 Å². The number of nitrogens with zero attached hydrogens (tertiary/aromatic N) is 3. The predicted molar refractivity (Wildman–Crippen MR) is 137 cm³/mol. The van der Waals surface area contributed by atoms with Crippen LogP contribution in [0.3, 0.4) is 0 Å². The van der Waals surface area contributed by atoms with Crippen LogP contribution in [0.25, 0.3) is 10.4 Å². The second-order valence-electron chi connectivity index (χ2n) is 10.5. The van der Waals surface area contributed by atoms with Crippen molar-refractivity contribution in [3.05, 3.63) is 28.5 Å². The fourth-order valence-electron chi connectivity index (χ4n) is 5.92. The third-order valence-electron chi connectivity index (χ3n) is 7.99. The van der Waals surface area contributed by atoms with E-state index in [0.29, 0.717) is 28.8 Å². The van der Waals surface area contributed by atoms with Crippen molar-refractivity contribution in [3.8, 4) is 10.4 Å². The summed E-state index contributed by atoms with van der Waals surface area (Å²) >= 11 is 1.07. The van der Waals surface area contributed by atoms with E-state index in [1.807, 2.05) is 4.90 Å². The second kappa shape index (κ2) is 10.4. The number of carbonyl (C=O) groups excluding carboxylic acids is 2. The molecule has 2 amide bonds. The van der Waals surface area contributed by atoms with Gasteiger partial charge in [0.05, 0.1) is 17.0 Å². The number of aliphatic hydroxyl groups excluding tert-OH is 1. The smallest absolute Gasteiger partial charge is 0.391 e. The van der Waals surface area contributed by atoms with Crippen LogP contribution < -0.4 is 10.6 Å². The molecule has 8 nitrogen and oxygen atoms in total. The van der Waals surface area contributed by atoms with Gasteiger partial charge in [-0.1, -0.05) is 6.92 Å². The van der Waals surface area contributed by atoms with Crippen molar-refractivity contribution in [1.29, 1.82) is 0 Å². The first kappa shape index (κ1) is 26.9. The summed E-state index contributed by atoms with van der Waals surface area (Å²) < 4.78 is 39.8. The number of hydrogen-bond donors (Lipinski definition) is 3. The number of carbonyl (C=O) groups is 2. The molecule has 206 valence electrons. The second-order valence-corrected chi connectivity index (χ2v) is 11.5. The molecule has 4 heterocycles. The number of amides is 2. The minimum absolute atomic E-state index is 0.0820. The van der Waals surface area contributed by atoms with E-state index in [9.17, 15) is 27.9 Å². The Labute approximate surface area is 223 Å². The summed E-state index contributed by atoms with van der Waals surface area (Å²) in [5.41, 5.74) is 1.32. The molecule has 2 saturated heterocycles. The third-order valence-corrected chi connectivity index (χ3v) is 9.08. The molecule has 2 aliphatic heterocycles. The average Bonchev–Trinajstić information content (AvgIpc) is 3.66. The molecule has 2 bridgehead atoms. The van der Waals surface area contributed by atoms with Crippen LogP contribution >= 0.6 is 11.3 Å². The normalized spacial score (nSPS) is 25.6. The number of aliphatic hydroxyl groups is 1. The van der Waals surface area contributed by atoms with Gasteiger partial charge in [0.15, 0.2) is 5.01 Å². The van der Waals surface area contributed by atoms with Gasteiger partial charge < -0.3 is 20.6 Å². The number of pyridine rings is 1. The highest BCUT2D eigenvalue weighted by atomic mass is 32.1.